The van der Waals surface area contributed by atoms with Crippen molar-refractivity contribution in [3.8, 4) is 0 Å². The first-order chi connectivity index (χ1) is 5.71. The zero-order valence-corrected chi connectivity index (χ0v) is 7.36. The van der Waals surface area contributed by atoms with Crippen LogP contribution in [-0.2, 0) is 0 Å². The summed E-state index contributed by atoms with van der Waals surface area (Å²) in [5, 5.41) is 0. The summed E-state index contributed by atoms with van der Waals surface area (Å²) in [5.74, 6) is 0. The topological polar surface area (TPSA) is 43.1 Å². The predicted molar refractivity (Wildman–Crippen MR) is 48.1 cm³/mol. The second-order valence-corrected chi connectivity index (χ2v) is 3.05. The van der Waals surface area contributed by atoms with E-state index in [0.717, 1.165) is 13.0 Å². The number of hydrogen-bond acceptors (Lipinski definition) is 1. The number of carbonyl (C=O) groups is 1. The summed E-state index contributed by atoms with van der Waals surface area (Å²) in [7, 11) is 0. The Labute approximate surface area is 72.7 Å². The summed E-state index contributed by atoms with van der Waals surface area (Å²) < 4.78 is 0.271. The Morgan fingerprint density at radius 1 is 1.58 bits per heavy atom. The molecule has 0 saturated heterocycles. The molecule has 0 fully saturated rings. The molecule has 1 aliphatic rings. The van der Waals surface area contributed by atoms with Gasteiger partial charge in [-0.2, -0.15) is 0 Å². The fourth-order valence-electron chi connectivity index (χ4n) is 1.44. The molecule has 3 nitrogen and oxygen atoms in total. The van der Waals surface area contributed by atoms with Crippen molar-refractivity contribution in [1.29, 1.82) is 0 Å². The molecule has 3 heteroatoms. The number of nitrogens with two attached hydrogens (primary N) is 1. The van der Waals surface area contributed by atoms with E-state index in [1.165, 1.54) is 0 Å². The summed E-state index contributed by atoms with van der Waals surface area (Å²) in [6.45, 7) is 3.53. The molecule has 0 bridgehead atoms. The Morgan fingerprint density at radius 3 is 2.75 bits per heavy atom. The smallest absolute Gasteiger partial charge is 0.319 e. The molecule has 1 atom stereocenters. The quantitative estimate of drug-likeness (QED) is 0.620. The van der Waals surface area contributed by atoms with Crippen LogP contribution >= 0.6 is 0 Å². The zero-order chi connectivity index (χ0) is 9.03. The van der Waals surface area contributed by atoms with E-state index in [-0.39, 0.29) is 10.5 Å². The Balaban J connectivity index is 2.80. The highest BCUT2D eigenvalue weighted by molar-refractivity contribution is 5.65. The van der Waals surface area contributed by atoms with Crippen molar-refractivity contribution in [2.24, 2.45) is 5.73 Å². The van der Waals surface area contributed by atoms with Crippen LogP contribution in [0.5, 0.6) is 0 Å². The van der Waals surface area contributed by atoms with Crippen LogP contribution in [0.3, 0.4) is 0 Å². The first-order valence-electron chi connectivity index (χ1n) is 4.22. The van der Waals surface area contributed by atoms with Gasteiger partial charge in [0.15, 0.2) is 0 Å². The average molecular weight is 167 g/mol. The van der Waals surface area contributed by atoms with Crippen LogP contribution < -0.4 is 5.73 Å². The van der Waals surface area contributed by atoms with Crippen LogP contribution in [0, 0.1) is 0 Å². The minimum absolute atomic E-state index is 0.266. The van der Waals surface area contributed by atoms with Gasteiger partial charge >= 0.3 is 6.03 Å². The number of nitrogens with zero attached hydrogens (tertiary/aromatic N) is 1. The van der Waals surface area contributed by atoms with Crippen molar-refractivity contribution < 1.29 is 9.28 Å². The van der Waals surface area contributed by atoms with Gasteiger partial charge in [0.2, 0.25) is 0 Å². The summed E-state index contributed by atoms with van der Waals surface area (Å²) in [6.07, 6.45) is 8.62. The molecule has 1 rings (SSSR count). The van der Waals surface area contributed by atoms with Crippen molar-refractivity contribution in [3.05, 3.63) is 24.4 Å². The average Bonchev–Trinajstić information content (AvgIpc) is 2.06. The second kappa shape index (κ2) is 3.54. The monoisotopic (exact) mass is 167 g/mol. The molecule has 0 aromatic heterocycles. The fourth-order valence-corrected chi connectivity index (χ4v) is 1.44. The van der Waals surface area contributed by atoms with E-state index in [1.807, 2.05) is 24.4 Å². The lowest BCUT2D eigenvalue weighted by Gasteiger charge is -2.29. The number of rotatable bonds is 2. The van der Waals surface area contributed by atoms with Gasteiger partial charge in [0.1, 0.15) is 12.7 Å². The Hall–Kier alpha value is -1.09. The lowest BCUT2D eigenvalue weighted by molar-refractivity contribution is -0.791. The molecule has 0 aliphatic carbocycles. The SMILES string of the molecule is CCC[N+]1(C(N)=O)C=CC=CC1. The molecule has 0 aromatic rings. The molecule has 2 N–H and O–H groups in total. The van der Waals surface area contributed by atoms with Crippen LogP contribution in [0.4, 0.5) is 4.79 Å². The minimum Gasteiger partial charge on any atom is -0.319 e. The molecule has 0 saturated carbocycles. The molecule has 12 heavy (non-hydrogen) atoms. The molecule has 1 aliphatic heterocycles. The van der Waals surface area contributed by atoms with Gasteiger partial charge in [0, 0.05) is 0 Å². The van der Waals surface area contributed by atoms with Gasteiger partial charge in [-0.3, -0.25) is 0 Å². The van der Waals surface area contributed by atoms with E-state index in [9.17, 15) is 4.79 Å². The van der Waals surface area contributed by atoms with Crippen molar-refractivity contribution in [2.45, 2.75) is 13.3 Å². The van der Waals surface area contributed by atoms with Crippen LogP contribution in [0.2, 0.25) is 0 Å². The molecule has 66 valence electrons. The molecule has 0 radical (unpaired) electrons. The lowest BCUT2D eigenvalue weighted by atomic mass is 10.2. The standard InChI is InChI=1S/C9H14N2O/c1-2-6-11(9(10)12)7-4-3-5-8-11/h3-5,7H,2,6,8H2,1H3,(H-,10,12)/p+1. The molecular weight excluding hydrogens is 152 g/mol. The zero-order valence-electron chi connectivity index (χ0n) is 7.36. The Bertz CT molecular complexity index is 233. The number of quaternary nitrogens is 1. The maximum Gasteiger partial charge on any atom is 0.418 e. The van der Waals surface area contributed by atoms with Crippen LogP contribution in [0.15, 0.2) is 24.4 Å². The van der Waals surface area contributed by atoms with Gasteiger partial charge in [-0.15, -0.1) is 0 Å². The highest BCUT2D eigenvalue weighted by atomic mass is 16.2. The number of hydrogen-bond donors (Lipinski definition) is 1. The van der Waals surface area contributed by atoms with E-state index in [4.69, 9.17) is 5.73 Å². The maximum atomic E-state index is 11.2. The van der Waals surface area contributed by atoms with Gasteiger partial charge in [-0.05, 0) is 18.6 Å². The Kier molecular flexibility index (Phi) is 2.65. The molecule has 1 unspecified atom stereocenters. The maximum absolute atomic E-state index is 11.2. The molecule has 0 spiro atoms. The second-order valence-electron chi connectivity index (χ2n) is 3.05. The first kappa shape index (κ1) is 9.00. The highest BCUT2D eigenvalue weighted by Crippen LogP contribution is 2.13. The largest absolute Gasteiger partial charge is 0.418 e. The van der Waals surface area contributed by atoms with Crippen molar-refractivity contribution >= 4 is 6.03 Å². The van der Waals surface area contributed by atoms with E-state index >= 15 is 0 Å². The molecule has 0 aromatic carbocycles. The van der Waals surface area contributed by atoms with Gasteiger partial charge in [-0.1, -0.05) is 13.0 Å². The number of amides is 2. The third kappa shape index (κ3) is 1.56. The van der Waals surface area contributed by atoms with Gasteiger partial charge < -0.3 is 5.73 Å². The Morgan fingerprint density at radius 2 is 2.33 bits per heavy atom. The molecule has 1 heterocycles. The first-order valence-corrected chi connectivity index (χ1v) is 4.22. The molecule has 2 amide bonds. The van der Waals surface area contributed by atoms with Crippen LogP contribution in [-0.4, -0.2) is 23.6 Å². The minimum atomic E-state index is -0.266. The van der Waals surface area contributed by atoms with E-state index in [1.54, 1.807) is 0 Å². The summed E-state index contributed by atoms with van der Waals surface area (Å²) in [5.41, 5.74) is 5.34. The number of urea groups is 1. The van der Waals surface area contributed by atoms with Gasteiger partial charge in [0.05, 0.1) is 6.54 Å². The highest BCUT2D eigenvalue weighted by Gasteiger charge is 2.30. The van der Waals surface area contributed by atoms with Crippen molar-refractivity contribution in [3.63, 3.8) is 0 Å². The number of primary amides is 1. The normalized spacial score (nSPS) is 27.4. The fraction of sp³-hybridized carbons (Fsp3) is 0.444. The summed E-state index contributed by atoms with van der Waals surface area (Å²) in [6, 6.07) is -0.266. The third-order valence-electron chi connectivity index (χ3n) is 2.11. The van der Waals surface area contributed by atoms with Crippen molar-refractivity contribution in [2.75, 3.05) is 13.1 Å². The summed E-state index contributed by atoms with van der Waals surface area (Å²) >= 11 is 0. The lowest BCUT2D eigenvalue weighted by Crippen LogP contribution is -2.52. The van der Waals surface area contributed by atoms with E-state index in [0.29, 0.717) is 6.54 Å². The predicted octanol–water partition coefficient (Wildman–Crippen LogP) is 1.38. The van der Waals surface area contributed by atoms with Crippen LogP contribution in [0.25, 0.3) is 0 Å². The van der Waals surface area contributed by atoms with Gasteiger partial charge in [-0.25, -0.2) is 9.28 Å². The number of allylic oxidation sites excluding steroid dienone is 2. The van der Waals surface area contributed by atoms with E-state index < -0.39 is 0 Å². The van der Waals surface area contributed by atoms with Crippen molar-refractivity contribution in [1.82, 2.24) is 0 Å². The third-order valence-corrected chi connectivity index (χ3v) is 2.11. The van der Waals surface area contributed by atoms with Gasteiger partial charge in [0.25, 0.3) is 0 Å². The van der Waals surface area contributed by atoms with E-state index in [2.05, 4.69) is 6.92 Å². The summed E-state index contributed by atoms with van der Waals surface area (Å²) in [4.78, 5) is 11.2. The van der Waals surface area contributed by atoms with Crippen LogP contribution in [0.1, 0.15) is 13.3 Å². The molecular formula is C9H15N2O+. The number of carbonyl (C=O) groups excluding carboxylic acids is 1.